The van der Waals surface area contributed by atoms with Crippen LogP contribution in [0.3, 0.4) is 0 Å². The lowest BCUT2D eigenvalue weighted by Gasteiger charge is -2.35. The number of fused-ring (bicyclic) bond motifs is 1. The van der Waals surface area contributed by atoms with Gasteiger partial charge in [0, 0.05) is 16.8 Å². The summed E-state index contributed by atoms with van der Waals surface area (Å²) in [5.41, 5.74) is 1.27. The molecule has 98 valence electrons. The molecule has 0 saturated carbocycles. The summed E-state index contributed by atoms with van der Waals surface area (Å²) in [7, 11) is 1.78. The van der Waals surface area contributed by atoms with E-state index in [2.05, 4.69) is 5.32 Å². The zero-order valence-corrected chi connectivity index (χ0v) is 10.7. The summed E-state index contributed by atoms with van der Waals surface area (Å²) in [6, 6.07) is 7.51. The molecule has 0 bridgehead atoms. The Hall–Kier alpha value is -1.36. The predicted molar refractivity (Wildman–Crippen MR) is 70.6 cm³/mol. The van der Waals surface area contributed by atoms with Crippen molar-refractivity contribution >= 4 is 11.0 Å². The molecule has 4 heteroatoms. The van der Waals surface area contributed by atoms with Crippen molar-refractivity contribution < 1.29 is 14.6 Å². The average Bonchev–Trinajstić information content (AvgIpc) is 2.86. The second-order valence-electron chi connectivity index (χ2n) is 4.77. The highest BCUT2D eigenvalue weighted by Crippen LogP contribution is 2.30. The topological polar surface area (TPSA) is 65.6 Å². The number of furan rings is 1. The van der Waals surface area contributed by atoms with Gasteiger partial charge in [-0.3, -0.25) is 0 Å². The summed E-state index contributed by atoms with van der Waals surface area (Å²) in [5.74, 6) is 0. The summed E-state index contributed by atoms with van der Waals surface area (Å²) >= 11 is 0. The third kappa shape index (κ3) is 2.03. The Morgan fingerprint density at radius 3 is 2.72 bits per heavy atom. The fourth-order valence-electron chi connectivity index (χ4n) is 2.34. The van der Waals surface area contributed by atoms with Crippen molar-refractivity contribution in [3.63, 3.8) is 0 Å². The second-order valence-corrected chi connectivity index (χ2v) is 4.77. The van der Waals surface area contributed by atoms with Gasteiger partial charge < -0.3 is 19.9 Å². The summed E-state index contributed by atoms with van der Waals surface area (Å²) in [4.78, 5) is 0. The lowest BCUT2D eigenvalue weighted by Crippen LogP contribution is -2.50. The van der Waals surface area contributed by atoms with E-state index in [0.717, 1.165) is 16.5 Å². The lowest BCUT2D eigenvalue weighted by molar-refractivity contribution is 0.126. The van der Waals surface area contributed by atoms with Crippen LogP contribution in [0.2, 0.25) is 0 Å². The van der Waals surface area contributed by atoms with Crippen LogP contribution in [0, 0.1) is 0 Å². The zero-order chi connectivity index (χ0) is 13.2. The van der Waals surface area contributed by atoms with Gasteiger partial charge in [-0.1, -0.05) is 13.0 Å². The van der Waals surface area contributed by atoms with E-state index in [9.17, 15) is 10.2 Å². The molecule has 2 aromatic rings. The van der Waals surface area contributed by atoms with Crippen molar-refractivity contribution in [3.8, 4) is 0 Å². The van der Waals surface area contributed by atoms with Crippen LogP contribution in [0.4, 0.5) is 0 Å². The van der Waals surface area contributed by atoms with E-state index in [-0.39, 0.29) is 19.3 Å². The maximum atomic E-state index is 9.72. The molecule has 0 aliphatic carbocycles. The molecule has 3 N–H and O–H groups in total. The number of likely N-dealkylation sites (N-methyl/N-ethyl adjacent to an activating group) is 1. The van der Waals surface area contributed by atoms with Gasteiger partial charge >= 0.3 is 0 Å². The molecule has 0 saturated heterocycles. The van der Waals surface area contributed by atoms with Crippen molar-refractivity contribution in [1.29, 1.82) is 0 Å². The van der Waals surface area contributed by atoms with Crippen molar-refractivity contribution in [2.75, 3.05) is 20.3 Å². The first-order valence-electron chi connectivity index (χ1n) is 6.02. The number of benzene rings is 1. The molecular weight excluding hydrogens is 230 g/mol. The van der Waals surface area contributed by atoms with Crippen LogP contribution in [0.5, 0.6) is 0 Å². The normalized spacial score (nSPS) is 16.7. The summed E-state index contributed by atoms with van der Waals surface area (Å²) < 4.78 is 5.30. The molecule has 4 nitrogen and oxygen atoms in total. The second kappa shape index (κ2) is 5.10. The predicted octanol–water partition coefficient (Wildman–Crippen LogP) is 1.26. The molecule has 2 unspecified atom stereocenters. The number of rotatable bonds is 5. The van der Waals surface area contributed by atoms with Crippen molar-refractivity contribution in [2.45, 2.75) is 18.4 Å². The molecule has 1 heterocycles. The molecule has 0 fully saturated rings. The maximum Gasteiger partial charge on any atom is 0.133 e. The highest BCUT2D eigenvalue weighted by molar-refractivity contribution is 5.78. The minimum atomic E-state index is -0.533. The van der Waals surface area contributed by atoms with Crippen LogP contribution in [0.1, 0.15) is 12.5 Å². The maximum absolute atomic E-state index is 9.72. The monoisotopic (exact) mass is 249 g/mol. The van der Waals surface area contributed by atoms with Crippen LogP contribution < -0.4 is 5.32 Å². The Kier molecular flexibility index (Phi) is 3.71. The van der Waals surface area contributed by atoms with Crippen LogP contribution in [-0.2, 0) is 5.41 Å². The third-order valence-corrected chi connectivity index (χ3v) is 3.74. The Morgan fingerprint density at radius 1 is 1.33 bits per heavy atom. The molecule has 2 rings (SSSR count). The first-order valence-corrected chi connectivity index (χ1v) is 6.02. The van der Waals surface area contributed by atoms with Crippen molar-refractivity contribution in [1.82, 2.24) is 5.32 Å². The van der Waals surface area contributed by atoms with E-state index in [1.54, 1.807) is 13.3 Å². The van der Waals surface area contributed by atoms with Crippen molar-refractivity contribution in [2.24, 2.45) is 0 Å². The Morgan fingerprint density at radius 2 is 2.11 bits per heavy atom. The SMILES string of the molecule is CNC(CO)C(C)(CO)c1ccc2occc2c1. The fraction of sp³-hybridized carbons (Fsp3) is 0.429. The van der Waals surface area contributed by atoms with Crippen molar-refractivity contribution in [3.05, 3.63) is 36.1 Å². The molecule has 18 heavy (non-hydrogen) atoms. The molecule has 0 spiro atoms. The minimum absolute atomic E-state index is 0.0308. The summed E-state index contributed by atoms with van der Waals surface area (Å²) in [6.45, 7) is 1.87. The van der Waals surface area contributed by atoms with Gasteiger partial charge in [0.25, 0.3) is 0 Å². The van der Waals surface area contributed by atoms with Crippen LogP contribution in [0.15, 0.2) is 34.9 Å². The highest BCUT2D eigenvalue weighted by atomic mass is 16.3. The standard InChI is InChI=1S/C14H19NO3/c1-14(9-17,13(8-16)15-2)11-3-4-12-10(7-11)5-6-18-12/h3-7,13,15-17H,8-9H2,1-2H3. The van der Waals surface area contributed by atoms with Gasteiger partial charge in [0.1, 0.15) is 5.58 Å². The van der Waals surface area contributed by atoms with Gasteiger partial charge in [0.15, 0.2) is 0 Å². The Labute approximate surface area is 106 Å². The molecular formula is C14H19NO3. The quantitative estimate of drug-likeness (QED) is 0.746. The largest absolute Gasteiger partial charge is 0.464 e. The van der Waals surface area contributed by atoms with E-state index in [0.29, 0.717) is 0 Å². The minimum Gasteiger partial charge on any atom is -0.464 e. The van der Waals surface area contributed by atoms with E-state index >= 15 is 0 Å². The number of hydrogen-bond donors (Lipinski definition) is 3. The number of hydrogen-bond acceptors (Lipinski definition) is 4. The Bertz CT molecular complexity index is 518. The molecule has 0 aliphatic rings. The molecule has 1 aromatic carbocycles. The summed E-state index contributed by atoms with van der Waals surface area (Å²) in [6.07, 6.45) is 1.65. The third-order valence-electron chi connectivity index (χ3n) is 3.74. The van der Waals surface area contributed by atoms with Crippen LogP contribution in [-0.4, -0.2) is 36.5 Å². The Balaban J connectivity index is 2.47. The molecule has 2 atom stereocenters. The van der Waals surface area contributed by atoms with E-state index in [1.165, 1.54) is 0 Å². The molecule has 1 aromatic heterocycles. The molecule has 0 amide bonds. The number of aliphatic hydroxyl groups is 2. The van der Waals surface area contributed by atoms with Gasteiger partial charge in [-0.05, 0) is 30.8 Å². The fourth-order valence-corrected chi connectivity index (χ4v) is 2.34. The van der Waals surface area contributed by atoms with Gasteiger partial charge in [-0.25, -0.2) is 0 Å². The van der Waals surface area contributed by atoms with Crippen LogP contribution in [0.25, 0.3) is 11.0 Å². The zero-order valence-electron chi connectivity index (χ0n) is 10.7. The van der Waals surface area contributed by atoms with Gasteiger partial charge in [0.2, 0.25) is 0 Å². The smallest absolute Gasteiger partial charge is 0.133 e. The van der Waals surface area contributed by atoms with E-state index in [4.69, 9.17) is 4.42 Å². The van der Waals surface area contributed by atoms with Gasteiger partial charge in [0.05, 0.1) is 19.5 Å². The number of aliphatic hydroxyl groups excluding tert-OH is 2. The molecule has 0 radical (unpaired) electrons. The molecule has 0 aliphatic heterocycles. The number of nitrogens with one attached hydrogen (secondary N) is 1. The van der Waals surface area contributed by atoms with Gasteiger partial charge in [-0.2, -0.15) is 0 Å². The first-order chi connectivity index (χ1) is 8.65. The van der Waals surface area contributed by atoms with Gasteiger partial charge in [-0.15, -0.1) is 0 Å². The van der Waals surface area contributed by atoms with E-state index in [1.807, 2.05) is 31.2 Å². The lowest BCUT2D eigenvalue weighted by atomic mass is 9.76. The first kappa shape index (κ1) is 13.1. The van der Waals surface area contributed by atoms with Crippen LogP contribution >= 0.6 is 0 Å². The summed E-state index contributed by atoms with van der Waals surface area (Å²) in [5, 5.41) is 23.2. The average molecular weight is 249 g/mol. The highest BCUT2D eigenvalue weighted by Gasteiger charge is 2.34. The van der Waals surface area contributed by atoms with E-state index < -0.39 is 5.41 Å².